The van der Waals surface area contributed by atoms with Gasteiger partial charge >= 0.3 is 5.97 Å². The molecule has 236 valence electrons. The number of carbonyl (C=O) groups excluding carboxylic acids is 1. The molecule has 1 N–H and O–H groups in total. The number of para-hydroxylation sites is 1. The third-order valence-electron chi connectivity index (χ3n) is 9.15. The van der Waals surface area contributed by atoms with Crippen LogP contribution in [0.2, 0.25) is 5.02 Å². The number of fused-ring (bicyclic) bond motifs is 11. The van der Waals surface area contributed by atoms with E-state index in [-0.39, 0.29) is 61.5 Å². The molecule has 0 unspecified atom stereocenters. The van der Waals surface area contributed by atoms with E-state index in [0.29, 0.717) is 54.2 Å². The van der Waals surface area contributed by atoms with Crippen LogP contribution in [-0.4, -0.2) is 75.2 Å². The van der Waals surface area contributed by atoms with Crippen LogP contribution in [0.4, 0.5) is 10.2 Å². The van der Waals surface area contributed by atoms with Crippen LogP contribution in [0.1, 0.15) is 50.4 Å². The number of carboxylic acids is 1. The molecule has 0 radical (unpaired) electrons. The van der Waals surface area contributed by atoms with Gasteiger partial charge in [-0.15, -0.1) is 0 Å². The Morgan fingerprint density at radius 3 is 2.87 bits per heavy atom. The molecule has 3 aromatic heterocycles. The van der Waals surface area contributed by atoms with Crippen LogP contribution >= 0.6 is 11.6 Å². The lowest BCUT2D eigenvalue weighted by molar-refractivity contribution is -0.138. The Labute approximate surface area is 263 Å². The number of carboxylic acid groups (broad SMARTS) is 1. The largest absolute Gasteiger partial charge is 0.480 e. The molecule has 8 rings (SSSR count). The van der Waals surface area contributed by atoms with Crippen LogP contribution in [-0.2, 0) is 26.6 Å². The monoisotopic (exact) mass is 637 g/mol. The fourth-order valence-electron chi connectivity index (χ4n) is 6.75. The standard InChI is InChI=1S/C32H33ClFN5O6/c1-18-15-38-10-9-32(18,34)22-12-19(33)14-35-30(22)44-20-13-23(31(41)42)39(16-20)29-28-27(21-6-2-3-7-24(21)45-28)36-25(37-29)17-43-11-5-4-8-26(38)40/h2-3,6-7,12,14,18,20,23H,4-5,8-11,13,15-17H2,1H3,(H,41,42)/t18-,20-,23-,32+/m0/s1. The van der Waals surface area contributed by atoms with Crippen molar-refractivity contribution in [3.8, 4) is 5.88 Å². The maximum Gasteiger partial charge on any atom is 0.326 e. The molecule has 0 aliphatic carbocycles. The van der Waals surface area contributed by atoms with Crippen molar-refractivity contribution in [2.75, 3.05) is 31.1 Å². The zero-order valence-corrected chi connectivity index (χ0v) is 25.5. The molecule has 1 aromatic carbocycles. The maximum atomic E-state index is 17.0. The minimum atomic E-state index is -1.86. The zero-order valence-electron chi connectivity index (χ0n) is 24.7. The lowest BCUT2D eigenvalue weighted by atomic mass is 9.78. The molecule has 4 aliphatic heterocycles. The molecular formula is C32H33ClFN5O6. The lowest BCUT2D eigenvalue weighted by Crippen LogP contribution is -2.49. The fraction of sp³-hybridized carbons (Fsp3) is 0.469. The first-order chi connectivity index (χ1) is 21.7. The lowest BCUT2D eigenvalue weighted by Gasteiger charge is -2.42. The van der Waals surface area contributed by atoms with Gasteiger partial charge in [-0.3, -0.25) is 4.79 Å². The number of furan rings is 1. The predicted molar refractivity (Wildman–Crippen MR) is 163 cm³/mol. The van der Waals surface area contributed by atoms with E-state index < -0.39 is 29.7 Å². The third-order valence-corrected chi connectivity index (χ3v) is 9.35. The summed E-state index contributed by atoms with van der Waals surface area (Å²) in [5, 5.41) is 11.3. The molecular weight excluding hydrogens is 605 g/mol. The summed E-state index contributed by atoms with van der Waals surface area (Å²) in [6.07, 6.45) is 2.48. The van der Waals surface area contributed by atoms with Gasteiger partial charge in [-0.05, 0) is 31.0 Å². The first-order valence-electron chi connectivity index (χ1n) is 15.3. The Hall–Kier alpha value is -4.03. The highest BCUT2D eigenvalue weighted by Crippen LogP contribution is 2.46. The van der Waals surface area contributed by atoms with E-state index in [4.69, 9.17) is 35.5 Å². The van der Waals surface area contributed by atoms with Gasteiger partial charge in [0.2, 0.25) is 11.8 Å². The number of alkyl halides is 1. The summed E-state index contributed by atoms with van der Waals surface area (Å²) in [5.74, 6) is -0.877. The molecule has 4 aromatic rings. The molecule has 2 saturated heterocycles. The number of nitrogens with zero attached hydrogens (tertiary/aromatic N) is 5. The zero-order chi connectivity index (χ0) is 31.3. The van der Waals surface area contributed by atoms with E-state index in [1.54, 1.807) is 16.7 Å². The molecule has 11 nitrogen and oxygen atoms in total. The Kier molecular flexibility index (Phi) is 7.73. The van der Waals surface area contributed by atoms with Gasteiger partial charge in [0.05, 0.1) is 17.1 Å². The topological polar surface area (TPSA) is 131 Å². The number of rotatable bonds is 1. The van der Waals surface area contributed by atoms with Crippen LogP contribution in [0.3, 0.4) is 0 Å². The second-order valence-electron chi connectivity index (χ2n) is 12.1. The third kappa shape index (κ3) is 5.43. The van der Waals surface area contributed by atoms with Crippen molar-refractivity contribution >= 4 is 51.4 Å². The number of aromatic nitrogens is 3. The Balaban J connectivity index is 1.31. The van der Waals surface area contributed by atoms with Gasteiger partial charge in [0, 0.05) is 56.5 Å². The average molecular weight is 638 g/mol. The number of anilines is 1. The predicted octanol–water partition coefficient (Wildman–Crippen LogP) is 5.27. The first kappa shape index (κ1) is 29.7. The molecule has 7 heterocycles. The van der Waals surface area contributed by atoms with Gasteiger partial charge in [0.15, 0.2) is 17.2 Å². The van der Waals surface area contributed by atoms with Gasteiger partial charge in [-0.1, -0.05) is 30.7 Å². The fourth-order valence-corrected chi connectivity index (χ4v) is 6.91. The second kappa shape index (κ2) is 11.7. The second-order valence-corrected chi connectivity index (χ2v) is 12.5. The van der Waals surface area contributed by atoms with Crippen LogP contribution < -0.4 is 9.64 Å². The summed E-state index contributed by atoms with van der Waals surface area (Å²) in [6, 6.07) is 7.96. The van der Waals surface area contributed by atoms with E-state index in [2.05, 4.69) is 4.98 Å². The molecule has 2 fully saturated rings. The molecule has 0 saturated carbocycles. The number of carbonyl (C=O) groups is 2. The number of halogens is 2. The maximum absolute atomic E-state index is 17.0. The molecule has 6 bridgehead atoms. The molecule has 45 heavy (non-hydrogen) atoms. The van der Waals surface area contributed by atoms with Gasteiger partial charge in [-0.2, -0.15) is 0 Å². The van der Waals surface area contributed by atoms with Crippen LogP contribution in [0.15, 0.2) is 40.9 Å². The normalized spacial score (nSPS) is 26.2. The van der Waals surface area contributed by atoms with Crippen molar-refractivity contribution in [2.24, 2.45) is 5.92 Å². The number of pyridine rings is 1. The van der Waals surface area contributed by atoms with Crippen LogP contribution in [0.5, 0.6) is 5.88 Å². The minimum Gasteiger partial charge on any atom is -0.480 e. The van der Waals surface area contributed by atoms with E-state index in [9.17, 15) is 14.7 Å². The smallest absolute Gasteiger partial charge is 0.326 e. The van der Waals surface area contributed by atoms with E-state index >= 15 is 4.39 Å². The summed E-state index contributed by atoms with van der Waals surface area (Å²) < 4.78 is 35.4. The Bertz CT molecular complexity index is 1790. The van der Waals surface area contributed by atoms with Crippen molar-refractivity contribution < 1.29 is 33.0 Å². The molecule has 1 amide bonds. The molecule has 4 aliphatic rings. The summed E-state index contributed by atoms with van der Waals surface area (Å²) in [5.41, 5.74) is -0.143. The highest BCUT2D eigenvalue weighted by atomic mass is 35.5. The summed E-state index contributed by atoms with van der Waals surface area (Å²) in [6.45, 7) is 2.88. The SMILES string of the molecule is C[C@H]1CN2CC[C@]1(F)c1cc(Cl)cnc1O[C@H]1C[C@@H](C(=O)O)N(C1)c1nc(nc3c1oc1ccccc13)COCCCCC2=O. The quantitative estimate of drug-likeness (QED) is 0.294. The molecule has 4 atom stereocenters. The van der Waals surface area contributed by atoms with Gasteiger partial charge in [0.1, 0.15) is 35.5 Å². The number of aliphatic carboxylic acids is 1. The highest BCUT2D eigenvalue weighted by molar-refractivity contribution is 6.30. The van der Waals surface area contributed by atoms with Crippen molar-refractivity contribution in [1.29, 1.82) is 0 Å². The number of hydrogen-bond acceptors (Lipinski definition) is 9. The van der Waals surface area contributed by atoms with Crippen LogP contribution in [0, 0.1) is 5.92 Å². The molecule has 13 heteroatoms. The Morgan fingerprint density at radius 2 is 2.04 bits per heavy atom. The number of ether oxygens (including phenoxy) is 2. The molecule has 0 spiro atoms. The average Bonchev–Trinajstić information content (AvgIpc) is 3.62. The van der Waals surface area contributed by atoms with Gasteiger partial charge in [-0.25, -0.2) is 24.1 Å². The van der Waals surface area contributed by atoms with Crippen molar-refractivity contribution in [2.45, 2.75) is 63.4 Å². The summed E-state index contributed by atoms with van der Waals surface area (Å²) in [4.78, 5) is 42.8. The Morgan fingerprint density at radius 1 is 1.20 bits per heavy atom. The van der Waals surface area contributed by atoms with Crippen molar-refractivity contribution in [1.82, 2.24) is 19.9 Å². The first-order valence-corrected chi connectivity index (χ1v) is 15.6. The van der Waals surface area contributed by atoms with Crippen LogP contribution in [0.25, 0.3) is 22.1 Å². The van der Waals surface area contributed by atoms with Crippen molar-refractivity contribution in [3.05, 3.63) is 52.9 Å². The van der Waals surface area contributed by atoms with Gasteiger partial charge in [0.25, 0.3) is 0 Å². The number of amides is 1. The number of piperidine rings is 1. The minimum absolute atomic E-state index is 0.0185. The van der Waals surface area contributed by atoms with Gasteiger partial charge < -0.3 is 28.8 Å². The summed E-state index contributed by atoms with van der Waals surface area (Å²) >= 11 is 6.32. The number of benzene rings is 1. The van der Waals surface area contributed by atoms with E-state index in [1.165, 1.54) is 12.3 Å². The van der Waals surface area contributed by atoms with E-state index in [0.717, 1.165) is 5.39 Å². The highest BCUT2D eigenvalue weighted by Gasteiger charge is 2.47. The van der Waals surface area contributed by atoms with Crippen molar-refractivity contribution in [3.63, 3.8) is 0 Å². The van der Waals surface area contributed by atoms with E-state index in [1.807, 2.05) is 24.3 Å². The summed E-state index contributed by atoms with van der Waals surface area (Å²) in [7, 11) is 0. The number of hydrogen-bond donors (Lipinski definition) is 1.